The summed E-state index contributed by atoms with van der Waals surface area (Å²) in [7, 11) is 0. The number of benzene rings is 2. The molecule has 0 saturated carbocycles. The van der Waals surface area contributed by atoms with Crippen molar-refractivity contribution in [2.75, 3.05) is 0 Å². The molecule has 6 heteroatoms. The predicted molar refractivity (Wildman–Crippen MR) is 89.6 cm³/mol. The van der Waals surface area contributed by atoms with E-state index in [1.165, 1.54) is 13.0 Å². The molecule has 0 aliphatic carbocycles. The summed E-state index contributed by atoms with van der Waals surface area (Å²) in [6, 6.07) is 13.6. The van der Waals surface area contributed by atoms with Crippen molar-refractivity contribution in [2.45, 2.75) is 25.4 Å². The highest BCUT2D eigenvalue weighted by Gasteiger charge is 2.22. The van der Waals surface area contributed by atoms with Gasteiger partial charge < -0.3 is 16.4 Å². The molecule has 2 rings (SSSR count). The highest BCUT2D eigenvalue weighted by Crippen LogP contribution is 2.21. The summed E-state index contributed by atoms with van der Waals surface area (Å²) in [5.41, 5.74) is 6.38. The number of urea groups is 1. The summed E-state index contributed by atoms with van der Waals surface area (Å²) in [6.45, 7) is 1.51. The fourth-order valence-corrected chi connectivity index (χ4v) is 2.42. The molecule has 4 N–H and O–H groups in total. The molecule has 3 amide bonds. The number of carbonyl (C=O) groups excluding carboxylic acids is 2. The van der Waals surface area contributed by atoms with E-state index in [-0.39, 0.29) is 0 Å². The molecule has 0 radical (unpaired) electrons. The van der Waals surface area contributed by atoms with E-state index in [1.807, 2.05) is 30.3 Å². The van der Waals surface area contributed by atoms with Gasteiger partial charge in [0, 0.05) is 5.56 Å². The largest absolute Gasteiger partial charge is 0.352 e. The Labute approximate surface area is 140 Å². The molecule has 0 aliphatic rings. The Morgan fingerprint density at radius 1 is 1.04 bits per heavy atom. The molecule has 0 aliphatic heterocycles. The third-order valence-electron chi connectivity index (χ3n) is 3.63. The maximum Gasteiger partial charge on any atom is 0.312 e. The van der Waals surface area contributed by atoms with Crippen molar-refractivity contribution < 1.29 is 14.0 Å². The van der Waals surface area contributed by atoms with Gasteiger partial charge in [-0.25, -0.2) is 9.18 Å². The highest BCUT2D eigenvalue weighted by atomic mass is 19.1. The average Bonchev–Trinajstić information content (AvgIpc) is 2.55. The number of rotatable bonds is 6. The highest BCUT2D eigenvalue weighted by molar-refractivity contribution is 5.86. The van der Waals surface area contributed by atoms with Crippen LogP contribution in [0.25, 0.3) is 0 Å². The third-order valence-corrected chi connectivity index (χ3v) is 3.63. The van der Waals surface area contributed by atoms with E-state index in [0.29, 0.717) is 12.0 Å². The van der Waals surface area contributed by atoms with Gasteiger partial charge in [0.25, 0.3) is 0 Å². The molecule has 2 aromatic rings. The molecule has 0 spiro atoms. The van der Waals surface area contributed by atoms with Crippen LogP contribution in [0.2, 0.25) is 0 Å². The molecule has 2 aromatic carbocycles. The number of carbonyl (C=O) groups is 2. The van der Waals surface area contributed by atoms with Crippen molar-refractivity contribution in [3.8, 4) is 0 Å². The zero-order valence-corrected chi connectivity index (χ0v) is 13.3. The Bertz CT molecular complexity index is 706. The number of primary amides is 1. The van der Waals surface area contributed by atoms with E-state index in [1.54, 1.807) is 18.2 Å². The molecule has 2 atom stereocenters. The monoisotopic (exact) mass is 329 g/mol. The summed E-state index contributed by atoms with van der Waals surface area (Å²) in [6.07, 6.45) is 0.427. The van der Waals surface area contributed by atoms with Gasteiger partial charge in [-0.05, 0) is 25.0 Å². The van der Waals surface area contributed by atoms with Gasteiger partial charge >= 0.3 is 6.03 Å². The minimum Gasteiger partial charge on any atom is -0.352 e. The maximum atomic E-state index is 14.2. The number of amides is 3. The van der Waals surface area contributed by atoms with Crippen molar-refractivity contribution in [1.29, 1.82) is 0 Å². The molecule has 24 heavy (non-hydrogen) atoms. The van der Waals surface area contributed by atoms with E-state index in [2.05, 4.69) is 10.6 Å². The summed E-state index contributed by atoms with van der Waals surface area (Å²) in [4.78, 5) is 23.1. The fraction of sp³-hybridized carbons (Fsp3) is 0.222. The molecule has 0 bridgehead atoms. The SMILES string of the molecule is CC(NC(N)=O)C(=O)NC(Cc1ccccc1)c1ccccc1F. The van der Waals surface area contributed by atoms with Crippen molar-refractivity contribution >= 4 is 11.9 Å². The van der Waals surface area contributed by atoms with Gasteiger partial charge in [0.05, 0.1) is 6.04 Å². The number of hydrogen-bond acceptors (Lipinski definition) is 2. The Morgan fingerprint density at radius 2 is 1.67 bits per heavy atom. The summed E-state index contributed by atoms with van der Waals surface area (Å²) < 4.78 is 14.2. The van der Waals surface area contributed by atoms with E-state index in [4.69, 9.17) is 5.73 Å². The molecular weight excluding hydrogens is 309 g/mol. The fourth-order valence-electron chi connectivity index (χ4n) is 2.42. The first-order valence-electron chi connectivity index (χ1n) is 7.62. The summed E-state index contributed by atoms with van der Waals surface area (Å²) in [5.74, 6) is -0.827. The smallest absolute Gasteiger partial charge is 0.312 e. The number of hydrogen-bond donors (Lipinski definition) is 3. The second-order valence-corrected chi connectivity index (χ2v) is 5.50. The van der Waals surface area contributed by atoms with Crippen LogP contribution in [0.5, 0.6) is 0 Å². The first kappa shape index (κ1) is 17.5. The Morgan fingerprint density at radius 3 is 2.29 bits per heavy atom. The minimum atomic E-state index is -0.812. The second-order valence-electron chi connectivity index (χ2n) is 5.50. The third kappa shape index (κ3) is 4.81. The summed E-state index contributed by atoms with van der Waals surface area (Å²) >= 11 is 0. The van der Waals surface area contributed by atoms with Crippen LogP contribution in [0.3, 0.4) is 0 Å². The maximum absolute atomic E-state index is 14.2. The standard InChI is InChI=1S/C18H20FN3O2/c1-12(21-18(20)24)17(23)22-16(11-13-7-3-2-4-8-13)14-9-5-6-10-15(14)19/h2-10,12,16H,11H2,1H3,(H,22,23)(H3,20,21,24). The first-order valence-corrected chi connectivity index (χ1v) is 7.62. The zero-order chi connectivity index (χ0) is 17.5. The molecular formula is C18H20FN3O2. The molecule has 2 unspecified atom stereocenters. The van der Waals surface area contributed by atoms with Crippen LogP contribution < -0.4 is 16.4 Å². The van der Waals surface area contributed by atoms with Gasteiger partial charge in [-0.15, -0.1) is 0 Å². The number of nitrogens with one attached hydrogen (secondary N) is 2. The Hall–Kier alpha value is -2.89. The van der Waals surface area contributed by atoms with Crippen molar-refractivity contribution in [1.82, 2.24) is 10.6 Å². The van der Waals surface area contributed by atoms with E-state index in [9.17, 15) is 14.0 Å². The lowest BCUT2D eigenvalue weighted by Crippen LogP contribution is -2.48. The normalized spacial score (nSPS) is 12.9. The molecule has 126 valence electrons. The van der Waals surface area contributed by atoms with Gasteiger partial charge in [0.2, 0.25) is 5.91 Å². The molecule has 0 saturated heterocycles. The number of halogens is 1. The zero-order valence-electron chi connectivity index (χ0n) is 13.3. The lowest BCUT2D eigenvalue weighted by molar-refractivity contribution is -0.123. The summed E-state index contributed by atoms with van der Waals surface area (Å²) in [5, 5.41) is 5.09. The predicted octanol–water partition coefficient (Wildman–Crippen LogP) is 2.28. The van der Waals surface area contributed by atoms with Gasteiger partial charge in [0.15, 0.2) is 0 Å². The Kier molecular flexibility index (Phi) is 5.89. The lowest BCUT2D eigenvalue weighted by Gasteiger charge is -2.22. The van der Waals surface area contributed by atoms with Crippen LogP contribution >= 0.6 is 0 Å². The average molecular weight is 329 g/mol. The van der Waals surface area contributed by atoms with Crippen LogP contribution in [-0.2, 0) is 11.2 Å². The minimum absolute atomic E-state index is 0.390. The molecule has 0 fully saturated rings. The van der Waals surface area contributed by atoms with Gasteiger partial charge in [-0.1, -0.05) is 48.5 Å². The van der Waals surface area contributed by atoms with Gasteiger partial charge in [-0.3, -0.25) is 4.79 Å². The van der Waals surface area contributed by atoms with Crippen molar-refractivity contribution in [3.05, 3.63) is 71.5 Å². The van der Waals surface area contributed by atoms with Crippen LogP contribution in [-0.4, -0.2) is 18.0 Å². The van der Waals surface area contributed by atoms with Crippen molar-refractivity contribution in [2.24, 2.45) is 5.73 Å². The first-order chi connectivity index (χ1) is 11.5. The lowest BCUT2D eigenvalue weighted by atomic mass is 9.98. The van der Waals surface area contributed by atoms with E-state index >= 15 is 0 Å². The van der Waals surface area contributed by atoms with Crippen LogP contribution in [0.1, 0.15) is 24.1 Å². The molecule has 5 nitrogen and oxygen atoms in total. The van der Waals surface area contributed by atoms with Crippen LogP contribution in [0, 0.1) is 5.82 Å². The molecule has 0 heterocycles. The van der Waals surface area contributed by atoms with Crippen molar-refractivity contribution in [3.63, 3.8) is 0 Å². The number of nitrogens with two attached hydrogens (primary N) is 1. The van der Waals surface area contributed by atoms with E-state index in [0.717, 1.165) is 5.56 Å². The van der Waals surface area contributed by atoms with Gasteiger partial charge in [0.1, 0.15) is 11.9 Å². The quantitative estimate of drug-likeness (QED) is 0.759. The topological polar surface area (TPSA) is 84.2 Å². The second kappa shape index (κ2) is 8.10. The van der Waals surface area contributed by atoms with E-state index < -0.39 is 29.8 Å². The van der Waals surface area contributed by atoms with Gasteiger partial charge in [-0.2, -0.15) is 0 Å². The molecule has 0 aromatic heterocycles. The van der Waals surface area contributed by atoms with Crippen LogP contribution in [0.15, 0.2) is 54.6 Å². The van der Waals surface area contributed by atoms with Crippen LogP contribution in [0.4, 0.5) is 9.18 Å². The Balaban J connectivity index is 2.21.